The molecule has 0 bridgehead atoms. The van der Waals surface area contributed by atoms with Gasteiger partial charge in [-0.2, -0.15) is 0 Å². The van der Waals surface area contributed by atoms with Crippen molar-refractivity contribution in [2.75, 3.05) is 47.5 Å². The molecule has 0 saturated carbocycles. The lowest BCUT2D eigenvalue weighted by Gasteiger charge is -2.28. The molecule has 0 heterocycles. The van der Waals surface area contributed by atoms with Gasteiger partial charge in [0.2, 0.25) is 0 Å². The summed E-state index contributed by atoms with van der Waals surface area (Å²) in [6, 6.07) is 0. The number of phosphoric acid groups is 1. The van der Waals surface area contributed by atoms with Gasteiger partial charge in [-0.3, -0.25) is 4.57 Å². The molecule has 0 radical (unpaired) electrons. The van der Waals surface area contributed by atoms with Gasteiger partial charge in [0.15, 0.2) is 6.10 Å². The van der Waals surface area contributed by atoms with Crippen LogP contribution in [0.4, 0.5) is 0 Å². The smallest absolute Gasteiger partial charge is 0.331 e. The predicted octanol–water partition coefficient (Wildman–Crippen LogP) is 11.8. The number of carbonyl (C=O) groups is 2. The molecule has 0 aromatic heterocycles. The molecule has 56 heavy (non-hydrogen) atoms. The highest BCUT2D eigenvalue weighted by atomic mass is 31.2. The van der Waals surface area contributed by atoms with Crippen molar-refractivity contribution in [3.63, 3.8) is 0 Å². The van der Waals surface area contributed by atoms with Crippen molar-refractivity contribution in [1.82, 2.24) is 0 Å². The third kappa shape index (κ3) is 41.6. The fourth-order valence-electron chi connectivity index (χ4n) is 5.90. The normalized spacial score (nSPS) is 14.2. The number of likely N-dealkylation sites (N-methyl/N-ethyl adjacent to an activating group) is 1. The minimum atomic E-state index is -4.67. The van der Waals surface area contributed by atoms with Crippen LogP contribution in [0, 0.1) is 11.8 Å². The lowest BCUT2D eigenvalue weighted by Crippen LogP contribution is -2.37. The van der Waals surface area contributed by atoms with E-state index in [9.17, 15) is 19.0 Å². The topological polar surface area (TPSA) is 111 Å². The van der Waals surface area contributed by atoms with Gasteiger partial charge >= 0.3 is 11.9 Å². The highest BCUT2D eigenvalue weighted by Gasteiger charge is 2.20. The first-order chi connectivity index (χ1) is 26.7. The van der Waals surface area contributed by atoms with Crippen LogP contribution < -0.4 is 4.89 Å². The number of unbranched alkanes of at least 4 members (excludes halogenated alkanes) is 18. The van der Waals surface area contributed by atoms with Gasteiger partial charge < -0.3 is 27.9 Å². The minimum Gasteiger partial charge on any atom is -0.756 e. The van der Waals surface area contributed by atoms with Crippen LogP contribution in [0.1, 0.15) is 169 Å². The van der Waals surface area contributed by atoms with Crippen LogP contribution >= 0.6 is 7.82 Å². The summed E-state index contributed by atoms with van der Waals surface area (Å²) >= 11 is 0. The summed E-state index contributed by atoms with van der Waals surface area (Å²) in [4.78, 5) is 37.3. The second-order valence-corrected chi connectivity index (χ2v) is 18.6. The molecular weight excluding hydrogens is 725 g/mol. The molecule has 0 aliphatic rings. The van der Waals surface area contributed by atoms with E-state index in [1.165, 1.54) is 128 Å². The summed E-state index contributed by atoms with van der Waals surface area (Å²) in [6.45, 7) is 8.62. The van der Waals surface area contributed by atoms with Crippen LogP contribution in [0.25, 0.3) is 0 Å². The maximum absolute atomic E-state index is 12.5. The zero-order valence-electron chi connectivity index (χ0n) is 36.9. The van der Waals surface area contributed by atoms with E-state index in [0.717, 1.165) is 37.5 Å². The second kappa shape index (κ2) is 36.1. The monoisotopic (exact) mass is 810 g/mol. The Morgan fingerprint density at radius 2 is 0.982 bits per heavy atom. The third-order valence-electron chi connectivity index (χ3n) is 9.39. The van der Waals surface area contributed by atoms with Gasteiger partial charge in [0.05, 0.1) is 27.7 Å². The van der Waals surface area contributed by atoms with E-state index in [0.29, 0.717) is 11.0 Å². The maximum atomic E-state index is 12.5. The molecule has 0 N–H and O–H groups in total. The number of allylic oxidation sites excluding steroid dienone is 6. The van der Waals surface area contributed by atoms with Gasteiger partial charge in [-0.05, 0) is 37.5 Å². The first kappa shape index (κ1) is 54.0. The number of carbonyl (C=O) groups excluding carboxylic acids is 2. The number of rotatable bonds is 38. The Labute approximate surface area is 343 Å². The van der Waals surface area contributed by atoms with Crippen molar-refractivity contribution in [3.05, 3.63) is 48.6 Å². The number of ether oxygens (including phenoxy) is 2. The number of esters is 2. The number of hydrogen-bond donors (Lipinski definition) is 0. The minimum absolute atomic E-state index is 0.0610. The molecule has 1 unspecified atom stereocenters. The molecule has 0 aliphatic heterocycles. The van der Waals surface area contributed by atoms with E-state index in [2.05, 4.69) is 27.7 Å². The molecule has 0 aromatic rings. The molecule has 2 atom stereocenters. The average molecular weight is 810 g/mol. The van der Waals surface area contributed by atoms with Crippen molar-refractivity contribution < 1.29 is 42.1 Å². The van der Waals surface area contributed by atoms with E-state index >= 15 is 0 Å². The number of quaternary nitrogens is 1. The maximum Gasteiger partial charge on any atom is 0.331 e. The van der Waals surface area contributed by atoms with Gasteiger partial charge in [0.25, 0.3) is 7.82 Å². The van der Waals surface area contributed by atoms with E-state index in [-0.39, 0.29) is 13.2 Å². The average Bonchev–Trinajstić information content (AvgIpc) is 3.11. The first-order valence-corrected chi connectivity index (χ1v) is 23.6. The van der Waals surface area contributed by atoms with Crippen LogP contribution in [0.5, 0.6) is 0 Å². The van der Waals surface area contributed by atoms with Crippen molar-refractivity contribution in [1.29, 1.82) is 0 Å². The molecule has 326 valence electrons. The van der Waals surface area contributed by atoms with Crippen LogP contribution in [0.3, 0.4) is 0 Å². The molecule has 0 fully saturated rings. The van der Waals surface area contributed by atoms with E-state index in [4.69, 9.17) is 18.5 Å². The molecule has 10 heteroatoms. The summed E-state index contributed by atoms with van der Waals surface area (Å²) in [7, 11) is 1.06. The molecular formula is C46H84NO8P. The lowest BCUT2D eigenvalue weighted by molar-refractivity contribution is -0.870. The van der Waals surface area contributed by atoms with Crippen molar-refractivity contribution in [2.24, 2.45) is 11.8 Å². The summed E-state index contributed by atoms with van der Waals surface area (Å²) in [6.07, 6.45) is 39.9. The fourth-order valence-corrected chi connectivity index (χ4v) is 6.63. The number of nitrogens with zero attached hydrogens (tertiary/aromatic N) is 1. The Kier molecular flexibility index (Phi) is 34.8. The molecule has 9 nitrogen and oxygen atoms in total. The molecule has 0 aromatic carbocycles. The third-order valence-corrected chi connectivity index (χ3v) is 10.4. The standard InChI is InChI=1S/C46H84NO8P/c1-42(2)34-30-26-22-18-14-10-8-12-16-20-24-28-32-36-45(48)52-40-44(41-54-56(50,51)53-39-38-47(5,6)7)55-46(49)37-33-29-25-21-17-13-9-11-15-19-23-27-31-35-43(3)4/h24-25,28-29,32-33,36-37,42-44H,8-23,26-27,30-31,34-35,38-41H2,1-7H3/b28-24+,29-25+,36-32+,37-33+/t44-/m1/s1. The Balaban J connectivity index is 4.57. The Morgan fingerprint density at radius 3 is 1.41 bits per heavy atom. The highest BCUT2D eigenvalue weighted by molar-refractivity contribution is 7.45. The summed E-state index contributed by atoms with van der Waals surface area (Å²) in [5, 5.41) is 0. The molecule has 0 aliphatic carbocycles. The van der Waals surface area contributed by atoms with Gasteiger partial charge in [0.1, 0.15) is 19.8 Å². The van der Waals surface area contributed by atoms with Crippen LogP contribution in [-0.4, -0.2) is 70.0 Å². The molecule has 0 saturated heterocycles. The largest absolute Gasteiger partial charge is 0.756 e. The number of hydrogen-bond acceptors (Lipinski definition) is 8. The summed E-state index contributed by atoms with van der Waals surface area (Å²) < 4.78 is 33.5. The second-order valence-electron chi connectivity index (χ2n) is 17.2. The molecule has 0 amide bonds. The van der Waals surface area contributed by atoms with Crippen molar-refractivity contribution >= 4 is 19.8 Å². The number of phosphoric ester groups is 1. The van der Waals surface area contributed by atoms with Gasteiger partial charge in [0, 0.05) is 12.2 Å². The summed E-state index contributed by atoms with van der Waals surface area (Å²) in [5.74, 6) is 0.282. The van der Waals surface area contributed by atoms with E-state index in [1.54, 1.807) is 18.2 Å². The SMILES string of the molecule is CC(C)CCCCCCCCCCC/C=C/C=C/C(=O)OC[C@H](COP(=O)([O-])OCC[N+](C)(C)C)OC(=O)/C=C/C=C/CCCCCCCCCCCC(C)C. The van der Waals surface area contributed by atoms with Crippen molar-refractivity contribution in [3.8, 4) is 0 Å². The van der Waals surface area contributed by atoms with Gasteiger partial charge in [-0.15, -0.1) is 0 Å². The Hall–Kier alpha value is -2.03. The van der Waals surface area contributed by atoms with Crippen molar-refractivity contribution in [2.45, 2.75) is 175 Å². The zero-order valence-corrected chi connectivity index (χ0v) is 37.8. The van der Waals surface area contributed by atoms with E-state index in [1.807, 2.05) is 39.4 Å². The molecule has 0 rings (SSSR count). The van der Waals surface area contributed by atoms with E-state index < -0.39 is 32.5 Å². The lowest BCUT2D eigenvalue weighted by atomic mass is 10.0. The van der Waals surface area contributed by atoms with Gasteiger partial charge in [-0.25, -0.2) is 9.59 Å². The first-order valence-electron chi connectivity index (χ1n) is 22.1. The molecule has 0 spiro atoms. The quantitative estimate of drug-likeness (QED) is 0.0151. The fraction of sp³-hybridized carbons (Fsp3) is 0.783. The Bertz CT molecular complexity index is 1120. The zero-order chi connectivity index (χ0) is 41.8. The highest BCUT2D eigenvalue weighted by Crippen LogP contribution is 2.38. The van der Waals surface area contributed by atoms with Crippen LogP contribution in [0.15, 0.2) is 48.6 Å². The Morgan fingerprint density at radius 1 is 0.571 bits per heavy atom. The predicted molar refractivity (Wildman–Crippen MR) is 231 cm³/mol. The van der Waals surface area contributed by atoms with Crippen LogP contribution in [0.2, 0.25) is 0 Å². The summed E-state index contributed by atoms with van der Waals surface area (Å²) in [5.41, 5.74) is 0. The van der Waals surface area contributed by atoms with Gasteiger partial charge in [-0.1, -0.05) is 180 Å². The van der Waals surface area contributed by atoms with Crippen LogP contribution in [-0.2, 0) is 32.7 Å².